The lowest BCUT2D eigenvalue weighted by atomic mass is 10.1. The molecule has 0 aliphatic carbocycles. The van der Waals surface area contributed by atoms with Crippen LogP contribution >= 0.6 is 13.4 Å². The fraction of sp³-hybridized carbons (Fsp3) is 0.500. The molecule has 7 N–H and O–H groups in total. The molecule has 3 aliphatic rings. The third-order valence-corrected chi connectivity index (χ3v) is 10.3. The Hall–Kier alpha value is -2.59. The van der Waals surface area contributed by atoms with Crippen molar-refractivity contribution in [3.63, 3.8) is 0 Å². The van der Waals surface area contributed by atoms with Crippen LogP contribution in [0.3, 0.4) is 0 Å². The fourth-order valence-corrected chi connectivity index (χ4v) is 8.08. The first-order chi connectivity index (χ1) is 20.9. The van der Waals surface area contributed by atoms with Gasteiger partial charge in [0.15, 0.2) is 29.2 Å². The molecular weight excluding hydrogens is 669 g/mol. The zero-order valence-electron chi connectivity index (χ0n) is 22.0. The third-order valence-electron chi connectivity index (χ3n) is 7.17. The summed E-state index contributed by atoms with van der Waals surface area (Å²) in [6, 6.07) is 1.60. The molecule has 2 bridgehead atoms. The average Bonchev–Trinajstić information content (AvgIpc) is 3.72. The van der Waals surface area contributed by atoms with E-state index in [2.05, 4.69) is 30.4 Å². The summed E-state index contributed by atoms with van der Waals surface area (Å²) in [5, 5.41) is 11.9. The quantitative estimate of drug-likeness (QED) is 0.170. The summed E-state index contributed by atoms with van der Waals surface area (Å²) in [6.07, 6.45) is -5.97. The van der Waals surface area contributed by atoms with Crippen LogP contribution in [0.4, 0.5) is 16.0 Å². The van der Waals surface area contributed by atoms with Gasteiger partial charge in [0.2, 0.25) is 5.95 Å². The van der Waals surface area contributed by atoms with E-state index < -0.39 is 75.1 Å². The number of aromatic nitrogens is 8. The van der Waals surface area contributed by atoms with Crippen molar-refractivity contribution in [1.29, 1.82) is 0 Å². The van der Waals surface area contributed by atoms with Crippen LogP contribution in [-0.4, -0.2) is 93.1 Å². The van der Waals surface area contributed by atoms with Crippen LogP contribution < -0.4 is 17.0 Å². The van der Waals surface area contributed by atoms with E-state index in [1.807, 2.05) is 0 Å². The number of rotatable bonds is 2. The first-order valence-electron chi connectivity index (χ1n) is 12.8. The van der Waals surface area contributed by atoms with Crippen LogP contribution in [0.15, 0.2) is 23.3 Å². The number of aromatic amines is 1. The Bertz CT molecular complexity index is 1910. The Labute approximate surface area is 255 Å². The van der Waals surface area contributed by atoms with Crippen molar-refractivity contribution in [3.8, 4) is 0 Å². The highest BCUT2D eigenvalue weighted by Gasteiger charge is 2.52. The van der Waals surface area contributed by atoms with Crippen molar-refractivity contribution >= 4 is 65.5 Å². The lowest BCUT2D eigenvalue weighted by Gasteiger charge is -2.27. The number of halogens is 1. The van der Waals surface area contributed by atoms with Gasteiger partial charge in [-0.25, -0.2) is 13.9 Å². The molecule has 0 spiro atoms. The zero-order valence-corrected chi connectivity index (χ0v) is 25.4. The minimum absolute atomic E-state index is 0.140. The first-order valence-corrected chi connectivity index (χ1v) is 18.0. The van der Waals surface area contributed by atoms with Crippen LogP contribution in [-0.2, 0) is 51.2 Å². The van der Waals surface area contributed by atoms with Crippen molar-refractivity contribution in [1.82, 2.24) is 39.6 Å². The molecule has 0 aromatic carbocycles. The third kappa shape index (κ3) is 5.44. The summed E-state index contributed by atoms with van der Waals surface area (Å²) >= 11 is 10.5. The topological polar surface area (TPSA) is 255 Å². The molecule has 24 heteroatoms. The van der Waals surface area contributed by atoms with E-state index in [1.54, 1.807) is 6.07 Å². The number of ether oxygens (including phenoxy) is 2. The van der Waals surface area contributed by atoms with Gasteiger partial charge in [0.1, 0.15) is 24.4 Å². The molecule has 2 unspecified atom stereocenters. The summed E-state index contributed by atoms with van der Waals surface area (Å²) < 4.78 is 52.7. The van der Waals surface area contributed by atoms with E-state index >= 15 is 4.39 Å². The molecule has 44 heavy (non-hydrogen) atoms. The lowest BCUT2D eigenvalue weighted by molar-refractivity contribution is -0.0607. The van der Waals surface area contributed by atoms with Crippen molar-refractivity contribution in [3.05, 3.63) is 34.5 Å². The molecule has 3 aliphatic heterocycles. The van der Waals surface area contributed by atoms with E-state index in [1.165, 1.54) is 16.9 Å². The maximum Gasteiger partial charge on any atom is 0.325 e. The van der Waals surface area contributed by atoms with Crippen LogP contribution in [0.1, 0.15) is 24.4 Å². The molecule has 7 heterocycles. The SMILES string of the molecule is Nc1nc2c(nnn2[C@@H]2O[C@@H]3COP(O)(=S)O[C@H]4C[C@H](c5cnc6c(N)ccnn56)O[C@@H]4COP(O)(=S)O[C@@H]2[C@H]3F)c(=O)[nH]1. The summed E-state index contributed by atoms with van der Waals surface area (Å²) in [6.45, 7) is -9.27. The van der Waals surface area contributed by atoms with Crippen LogP contribution in [0, 0.1) is 0 Å². The molecule has 4 aromatic rings. The number of nitrogens with one attached hydrogen (secondary N) is 1. The van der Waals surface area contributed by atoms with Crippen molar-refractivity contribution in [2.45, 2.75) is 49.3 Å². The van der Waals surface area contributed by atoms with Crippen molar-refractivity contribution in [2.75, 3.05) is 24.7 Å². The maximum absolute atomic E-state index is 15.8. The van der Waals surface area contributed by atoms with Gasteiger partial charge in [-0.3, -0.25) is 14.3 Å². The Kier molecular flexibility index (Phi) is 7.55. The molecule has 0 radical (unpaired) electrons. The van der Waals surface area contributed by atoms with Gasteiger partial charge in [0.25, 0.3) is 5.56 Å². The van der Waals surface area contributed by atoms with Gasteiger partial charge < -0.3 is 44.3 Å². The second-order valence-electron chi connectivity index (χ2n) is 10.0. The summed E-state index contributed by atoms with van der Waals surface area (Å²) in [7, 11) is 0. The predicted molar refractivity (Wildman–Crippen MR) is 153 cm³/mol. The molecule has 236 valence electrons. The number of imidazole rings is 1. The molecule has 7 rings (SSSR count). The van der Waals surface area contributed by atoms with Crippen LogP contribution in [0.5, 0.6) is 0 Å². The summed E-state index contributed by atoms with van der Waals surface area (Å²) in [4.78, 5) is 44.8. The van der Waals surface area contributed by atoms with Gasteiger partial charge in [-0.1, -0.05) is 5.21 Å². The van der Waals surface area contributed by atoms with E-state index in [0.29, 0.717) is 17.0 Å². The standard InChI is InChI=1S/C20H23FN10O9P2S2/c21-13-12-6-36-41(33,43)39-10-3-9(8-4-24-16-7(22)1-2-25-30(8)16)37-11(10)5-35-42(34,44)40-15(13)19(38-12)31-17-14(28-29-31)18(32)27-20(23)26-17/h1-2,4,9-13,15,19H,3,5-6,22H2,(H,33,43)(H,34,44)(H3,23,26,27,32)/t9-,10+,11-,12-,13+,15-,19-,41?,42?/m1/s1. The highest BCUT2D eigenvalue weighted by atomic mass is 32.5. The Morgan fingerprint density at radius 2 is 1.82 bits per heavy atom. The molecule has 3 fully saturated rings. The molecule has 0 saturated carbocycles. The predicted octanol–water partition coefficient (Wildman–Crippen LogP) is -0.262. The monoisotopic (exact) mass is 692 g/mol. The maximum atomic E-state index is 15.8. The number of hydrogen-bond donors (Lipinski definition) is 5. The molecule has 3 saturated heterocycles. The largest absolute Gasteiger partial charge is 0.396 e. The first kappa shape index (κ1) is 30.1. The summed E-state index contributed by atoms with van der Waals surface area (Å²) in [5.74, 6) is -0.262. The lowest BCUT2D eigenvalue weighted by Crippen LogP contribution is -2.32. The minimum Gasteiger partial charge on any atom is -0.396 e. The molecule has 4 aromatic heterocycles. The number of alkyl halides is 1. The van der Waals surface area contributed by atoms with Gasteiger partial charge in [-0.15, -0.1) is 5.10 Å². The summed E-state index contributed by atoms with van der Waals surface area (Å²) in [5.41, 5.74) is 11.9. The van der Waals surface area contributed by atoms with Crippen LogP contribution in [0.2, 0.25) is 0 Å². The van der Waals surface area contributed by atoms with Crippen LogP contribution in [0.25, 0.3) is 16.8 Å². The number of nitrogen functional groups attached to an aromatic ring is 2. The van der Waals surface area contributed by atoms with E-state index in [9.17, 15) is 14.6 Å². The van der Waals surface area contributed by atoms with Crippen molar-refractivity contribution < 1.29 is 41.7 Å². The highest BCUT2D eigenvalue weighted by molar-refractivity contribution is 8.07. The number of anilines is 2. The van der Waals surface area contributed by atoms with Crippen molar-refractivity contribution in [2.24, 2.45) is 0 Å². The number of hydrogen-bond acceptors (Lipinski definition) is 16. The van der Waals surface area contributed by atoms with Gasteiger partial charge in [0.05, 0.1) is 43.1 Å². The molecular formula is C20H23FN10O9P2S2. The average molecular weight is 693 g/mol. The minimum atomic E-state index is -4.22. The van der Waals surface area contributed by atoms with E-state index in [4.69, 9.17) is 62.6 Å². The Morgan fingerprint density at radius 1 is 1.07 bits per heavy atom. The number of nitrogens with two attached hydrogens (primary N) is 2. The van der Waals surface area contributed by atoms with Gasteiger partial charge in [-0.2, -0.15) is 14.8 Å². The number of nitrogens with zero attached hydrogens (tertiary/aromatic N) is 7. The Morgan fingerprint density at radius 3 is 2.61 bits per heavy atom. The number of fused-ring (bicyclic) bond motifs is 5. The normalized spacial score (nSPS) is 36.6. The highest BCUT2D eigenvalue weighted by Crippen LogP contribution is 2.54. The molecule has 9 atom stereocenters. The fourth-order valence-electron chi connectivity index (χ4n) is 5.20. The number of H-pyrrole nitrogens is 1. The molecule has 19 nitrogen and oxygen atoms in total. The smallest absolute Gasteiger partial charge is 0.325 e. The second kappa shape index (κ2) is 11.0. The Balaban J connectivity index is 1.19. The van der Waals surface area contributed by atoms with E-state index in [0.717, 1.165) is 4.68 Å². The second-order valence-corrected chi connectivity index (χ2v) is 15.6. The molecule has 0 amide bonds. The van der Waals surface area contributed by atoms with Gasteiger partial charge >= 0.3 is 13.4 Å². The van der Waals surface area contributed by atoms with Gasteiger partial charge in [-0.05, 0) is 29.7 Å². The zero-order chi connectivity index (χ0) is 31.0. The van der Waals surface area contributed by atoms with E-state index in [-0.39, 0.29) is 23.5 Å². The van der Waals surface area contributed by atoms with Gasteiger partial charge in [0, 0.05) is 6.42 Å².